The van der Waals surface area contributed by atoms with Crippen molar-refractivity contribution in [2.24, 2.45) is 5.84 Å². The van der Waals surface area contributed by atoms with Crippen LogP contribution in [-0.2, 0) is 0 Å². The molecule has 0 amide bonds. The molecule has 4 heteroatoms. The van der Waals surface area contributed by atoms with Crippen LogP contribution in [0.4, 0.5) is 11.4 Å². The number of fused-ring (bicyclic) bond motifs is 2. The summed E-state index contributed by atoms with van der Waals surface area (Å²) in [6.45, 7) is 2.19. The summed E-state index contributed by atoms with van der Waals surface area (Å²) in [5, 5.41) is 0. The van der Waals surface area contributed by atoms with E-state index in [1.54, 1.807) is 0 Å². The summed E-state index contributed by atoms with van der Waals surface area (Å²) in [5.74, 6) is 6.35. The molecule has 1 heterocycles. The minimum Gasteiger partial charge on any atom is -0.378 e. The second-order valence-corrected chi connectivity index (χ2v) is 6.44. The Morgan fingerprint density at radius 2 is 2.10 bits per heavy atom. The molecule has 3 rings (SSSR count). The first-order chi connectivity index (χ1) is 9.60. The zero-order valence-corrected chi connectivity index (χ0v) is 13.0. The Labute approximate surface area is 124 Å². The summed E-state index contributed by atoms with van der Waals surface area (Å²) in [4.78, 5) is 4.61. The van der Waals surface area contributed by atoms with Gasteiger partial charge in [0.25, 0.3) is 0 Å². The van der Waals surface area contributed by atoms with Crippen molar-refractivity contribution in [1.82, 2.24) is 0 Å². The summed E-state index contributed by atoms with van der Waals surface area (Å²) < 4.78 is 1.86. The molecule has 1 aliphatic heterocycles. The highest BCUT2D eigenvalue weighted by Crippen LogP contribution is 2.42. The van der Waals surface area contributed by atoms with Gasteiger partial charge in [-0.15, -0.1) is 0 Å². The summed E-state index contributed by atoms with van der Waals surface area (Å²) in [6, 6.07) is 6.44. The van der Waals surface area contributed by atoms with Gasteiger partial charge in [0.1, 0.15) is 0 Å². The van der Waals surface area contributed by atoms with E-state index in [4.69, 9.17) is 5.84 Å². The maximum absolute atomic E-state index is 6.35. The smallest absolute Gasteiger partial charge is 0.249 e. The fourth-order valence-electron chi connectivity index (χ4n) is 2.52. The van der Waals surface area contributed by atoms with Gasteiger partial charge in [0.15, 0.2) is 0 Å². The van der Waals surface area contributed by atoms with Crippen LogP contribution in [-0.4, -0.2) is 24.5 Å². The Hall–Kier alpha value is -1.68. The van der Waals surface area contributed by atoms with Crippen molar-refractivity contribution in [3.63, 3.8) is 0 Å². The van der Waals surface area contributed by atoms with Crippen LogP contribution in [0.5, 0.6) is 0 Å². The predicted octanol–water partition coefficient (Wildman–Crippen LogP) is 3.44. The minimum atomic E-state index is 0.959. The number of nitrogens with zero attached hydrogens (tertiary/aromatic N) is 2. The van der Waals surface area contributed by atoms with E-state index in [-0.39, 0.29) is 0 Å². The lowest BCUT2D eigenvalue weighted by atomic mass is 10.0. The first-order valence-corrected chi connectivity index (χ1v) is 7.71. The predicted molar refractivity (Wildman–Crippen MR) is 86.8 cm³/mol. The number of hydrazone groups is 1. The summed E-state index contributed by atoms with van der Waals surface area (Å²) in [5.41, 5.74) is 4.96. The number of thioether (sulfide) groups is 1. The summed E-state index contributed by atoms with van der Waals surface area (Å²) >= 11 is 1.82. The van der Waals surface area contributed by atoms with Gasteiger partial charge in [-0.3, -0.25) is 0 Å². The van der Waals surface area contributed by atoms with Crippen molar-refractivity contribution < 1.29 is 4.68 Å². The van der Waals surface area contributed by atoms with Gasteiger partial charge >= 0.3 is 0 Å². The van der Waals surface area contributed by atoms with E-state index in [1.165, 1.54) is 26.8 Å². The fourth-order valence-corrected chi connectivity index (χ4v) is 3.63. The van der Waals surface area contributed by atoms with Gasteiger partial charge in [0, 0.05) is 25.8 Å². The average Bonchev–Trinajstić information content (AvgIpc) is 2.46. The zero-order valence-electron chi connectivity index (χ0n) is 12.2. The monoisotopic (exact) mass is 286 g/mol. The summed E-state index contributed by atoms with van der Waals surface area (Å²) in [7, 11) is 4.12. The Bertz CT molecular complexity index is 654. The first kappa shape index (κ1) is 13.3. The number of nitrogens with two attached hydrogens (primary N) is 1. The Morgan fingerprint density at radius 3 is 2.80 bits per heavy atom. The molecule has 0 unspecified atom stereocenters. The molecule has 2 N–H and O–H groups in total. The lowest BCUT2D eigenvalue weighted by molar-refractivity contribution is -0.455. The molecule has 0 aromatic heterocycles. The molecular weight excluding hydrogens is 266 g/mol. The lowest BCUT2D eigenvalue weighted by Crippen LogP contribution is -2.28. The molecule has 0 saturated heterocycles. The molecule has 1 aromatic rings. The Morgan fingerprint density at radius 1 is 1.30 bits per heavy atom. The molecule has 0 saturated carbocycles. The van der Waals surface area contributed by atoms with E-state index in [0.29, 0.717) is 0 Å². The molecule has 0 fully saturated rings. The van der Waals surface area contributed by atoms with E-state index in [9.17, 15) is 0 Å². The van der Waals surface area contributed by atoms with Crippen molar-refractivity contribution in [2.45, 2.75) is 24.7 Å². The number of rotatable bonds is 2. The maximum atomic E-state index is 6.35. The van der Waals surface area contributed by atoms with Gasteiger partial charge < -0.3 is 4.90 Å². The lowest BCUT2D eigenvalue weighted by Gasteiger charge is -2.21. The third kappa shape index (κ3) is 2.14. The van der Waals surface area contributed by atoms with E-state index in [2.05, 4.69) is 56.3 Å². The number of hydrazine groups is 1. The fraction of sp³-hybridized carbons (Fsp3) is 0.312. The van der Waals surface area contributed by atoms with E-state index in [0.717, 1.165) is 18.5 Å². The molecule has 0 bridgehead atoms. The summed E-state index contributed by atoms with van der Waals surface area (Å²) in [6.07, 6.45) is 6.48. The minimum absolute atomic E-state index is 0.959. The zero-order chi connectivity index (χ0) is 14.3. The molecule has 0 atom stereocenters. The average molecular weight is 286 g/mol. The largest absolute Gasteiger partial charge is 0.378 e. The Balaban J connectivity index is 2.08. The molecule has 1 aliphatic carbocycles. The van der Waals surface area contributed by atoms with Crippen LogP contribution in [0, 0.1) is 0 Å². The highest BCUT2D eigenvalue weighted by atomic mass is 32.2. The van der Waals surface area contributed by atoms with Crippen LogP contribution in [0.25, 0.3) is 0 Å². The molecule has 2 aliphatic rings. The van der Waals surface area contributed by atoms with Crippen LogP contribution >= 0.6 is 11.8 Å². The quantitative estimate of drug-likeness (QED) is 0.667. The number of hydrogen-bond donors (Lipinski definition) is 1. The Kier molecular flexibility index (Phi) is 3.34. The number of allylic oxidation sites excluding steroid dienone is 4. The van der Waals surface area contributed by atoms with Crippen LogP contribution in [0.2, 0.25) is 0 Å². The second kappa shape index (κ2) is 5.02. The molecule has 0 spiro atoms. The first-order valence-electron chi connectivity index (χ1n) is 6.90. The maximum Gasteiger partial charge on any atom is 0.249 e. The standard InChI is InChI=1S/C16H20N3S/c1-4-11-5-8-15-14(9-11)19(17)13-7-6-12(18(2)3)10-16(13)20-15/h5-8,10H,4,9,17H2,1-3H3/q+1. The van der Waals surface area contributed by atoms with Gasteiger partial charge in [0.05, 0.1) is 16.2 Å². The van der Waals surface area contributed by atoms with Crippen LogP contribution in [0.3, 0.4) is 0 Å². The van der Waals surface area contributed by atoms with Crippen LogP contribution < -0.4 is 10.7 Å². The van der Waals surface area contributed by atoms with Gasteiger partial charge in [-0.25, -0.2) is 5.84 Å². The van der Waals surface area contributed by atoms with Gasteiger partial charge in [-0.1, -0.05) is 35.0 Å². The topological polar surface area (TPSA) is 32.3 Å². The van der Waals surface area contributed by atoms with Crippen molar-refractivity contribution in [3.8, 4) is 0 Å². The van der Waals surface area contributed by atoms with Gasteiger partial charge in [-0.2, -0.15) is 0 Å². The second-order valence-electron chi connectivity index (χ2n) is 5.35. The van der Waals surface area contributed by atoms with E-state index < -0.39 is 0 Å². The van der Waals surface area contributed by atoms with Crippen molar-refractivity contribution in [1.29, 1.82) is 0 Å². The van der Waals surface area contributed by atoms with Gasteiger partial charge in [-0.05, 0) is 24.6 Å². The van der Waals surface area contributed by atoms with Crippen LogP contribution in [0.1, 0.15) is 19.8 Å². The van der Waals surface area contributed by atoms with Crippen molar-refractivity contribution in [2.75, 3.05) is 19.0 Å². The molecule has 3 nitrogen and oxygen atoms in total. The van der Waals surface area contributed by atoms with Crippen molar-refractivity contribution in [3.05, 3.63) is 40.8 Å². The molecule has 104 valence electrons. The number of benzene rings is 1. The number of anilines is 1. The highest BCUT2D eigenvalue weighted by molar-refractivity contribution is 8.04. The third-order valence-electron chi connectivity index (χ3n) is 3.83. The van der Waals surface area contributed by atoms with E-state index in [1.807, 2.05) is 16.4 Å². The molecule has 1 aromatic carbocycles. The van der Waals surface area contributed by atoms with Gasteiger partial charge in [0.2, 0.25) is 11.4 Å². The molecule has 0 radical (unpaired) electrons. The number of hydrogen-bond acceptors (Lipinski definition) is 3. The van der Waals surface area contributed by atoms with Crippen molar-refractivity contribution >= 4 is 28.8 Å². The van der Waals surface area contributed by atoms with E-state index >= 15 is 0 Å². The molecule has 20 heavy (non-hydrogen) atoms. The molecular formula is C16H20N3S+. The third-order valence-corrected chi connectivity index (χ3v) is 4.97. The SMILES string of the molecule is CCC1=CC=C2Sc3cc(N(C)C)ccc3[N+](N)=C2C1. The normalized spacial score (nSPS) is 17.1. The highest BCUT2D eigenvalue weighted by Gasteiger charge is 2.32. The van der Waals surface area contributed by atoms with Crippen LogP contribution in [0.15, 0.2) is 45.7 Å².